The molecule has 2 atom stereocenters. The molecule has 0 aliphatic heterocycles. The SMILES string of the molecule is CCOC(=O)C(C)Oc1ccc(CC(C)O)cc1. The number of aliphatic hydroxyl groups is 1. The zero-order chi connectivity index (χ0) is 13.5. The van der Waals surface area contributed by atoms with Crippen molar-refractivity contribution in [3.05, 3.63) is 29.8 Å². The number of benzene rings is 1. The van der Waals surface area contributed by atoms with Gasteiger partial charge in [-0.15, -0.1) is 0 Å². The fourth-order valence-electron chi connectivity index (χ4n) is 1.56. The number of esters is 1. The minimum absolute atomic E-state index is 0.347. The lowest BCUT2D eigenvalue weighted by Gasteiger charge is -2.13. The molecule has 0 spiro atoms. The van der Waals surface area contributed by atoms with E-state index in [1.54, 1.807) is 32.9 Å². The Hall–Kier alpha value is -1.55. The van der Waals surface area contributed by atoms with Gasteiger partial charge >= 0.3 is 5.97 Å². The summed E-state index contributed by atoms with van der Waals surface area (Å²) in [5, 5.41) is 9.26. The molecule has 0 heterocycles. The Morgan fingerprint density at radius 3 is 2.39 bits per heavy atom. The second-order valence-corrected chi connectivity index (χ2v) is 4.21. The molecule has 1 N–H and O–H groups in total. The normalized spacial score (nSPS) is 13.8. The highest BCUT2D eigenvalue weighted by Gasteiger charge is 2.15. The molecule has 0 amide bonds. The van der Waals surface area contributed by atoms with Crippen molar-refractivity contribution >= 4 is 5.97 Å². The zero-order valence-corrected chi connectivity index (χ0v) is 11.1. The number of carbonyl (C=O) groups excluding carboxylic acids is 1. The van der Waals surface area contributed by atoms with E-state index in [2.05, 4.69) is 0 Å². The number of ether oxygens (including phenoxy) is 2. The smallest absolute Gasteiger partial charge is 0.347 e. The average Bonchev–Trinajstić information content (AvgIpc) is 2.31. The molecule has 1 aromatic rings. The lowest BCUT2D eigenvalue weighted by atomic mass is 10.1. The van der Waals surface area contributed by atoms with Crippen LogP contribution in [-0.4, -0.2) is 29.9 Å². The molecule has 1 rings (SSSR count). The van der Waals surface area contributed by atoms with Gasteiger partial charge in [0, 0.05) is 0 Å². The van der Waals surface area contributed by atoms with E-state index < -0.39 is 6.10 Å². The maximum Gasteiger partial charge on any atom is 0.347 e. The van der Waals surface area contributed by atoms with E-state index in [-0.39, 0.29) is 12.1 Å². The maximum absolute atomic E-state index is 11.4. The van der Waals surface area contributed by atoms with E-state index >= 15 is 0 Å². The molecule has 0 aliphatic rings. The van der Waals surface area contributed by atoms with Gasteiger partial charge in [-0.1, -0.05) is 12.1 Å². The third-order valence-corrected chi connectivity index (χ3v) is 2.39. The van der Waals surface area contributed by atoms with Crippen molar-refractivity contribution in [1.29, 1.82) is 0 Å². The van der Waals surface area contributed by atoms with Gasteiger partial charge < -0.3 is 14.6 Å². The summed E-state index contributed by atoms with van der Waals surface area (Å²) in [7, 11) is 0. The van der Waals surface area contributed by atoms with Crippen LogP contribution in [0.4, 0.5) is 0 Å². The molecule has 0 saturated heterocycles. The predicted molar refractivity (Wildman–Crippen MR) is 68.5 cm³/mol. The van der Waals surface area contributed by atoms with E-state index in [9.17, 15) is 9.90 Å². The van der Waals surface area contributed by atoms with Gasteiger partial charge in [0.05, 0.1) is 12.7 Å². The van der Waals surface area contributed by atoms with Crippen molar-refractivity contribution < 1.29 is 19.4 Å². The Kier molecular flexibility index (Phi) is 5.65. The Balaban J connectivity index is 2.55. The highest BCUT2D eigenvalue weighted by Crippen LogP contribution is 2.15. The number of aliphatic hydroxyl groups excluding tert-OH is 1. The quantitative estimate of drug-likeness (QED) is 0.786. The summed E-state index contributed by atoms with van der Waals surface area (Å²) in [6, 6.07) is 7.32. The summed E-state index contributed by atoms with van der Waals surface area (Å²) >= 11 is 0. The molecular formula is C14H20O4. The van der Waals surface area contributed by atoms with E-state index in [0.29, 0.717) is 18.8 Å². The lowest BCUT2D eigenvalue weighted by molar-refractivity contribution is -0.150. The van der Waals surface area contributed by atoms with E-state index in [4.69, 9.17) is 9.47 Å². The fraction of sp³-hybridized carbons (Fsp3) is 0.500. The van der Waals surface area contributed by atoms with Gasteiger partial charge in [0.15, 0.2) is 6.10 Å². The second-order valence-electron chi connectivity index (χ2n) is 4.21. The Morgan fingerprint density at radius 2 is 1.89 bits per heavy atom. The molecule has 0 fully saturated rings. The van der Waals surface area contributed by atoms with E-state index in [1.165, 1.54) is 0 Å². The molecular weight excluding hydrogens is 232 g/mol. The molecule has 1 aromatic carbocycles. The first-order chi connectivity index (χ1) is 8.52. The average molecular weight is 252 g/mol. The summed E-state index contributed by atoms with van der Waals surface area (Å²) in [6.07, 6.45) is -0.379. The third kappa shape index (κ3) is 4.75. The lowest BCUT2D eigenvalue weighted by Crippen LogP contribution is -2.26. The van der Waals surface area contributed by atoms with Crippen molar-refractivity contribution in [3.8, 4) is 5.75 Å². The first-order valence-corrected chi connectivity index (χ1v) is 6.13. The van der Waals surface area contributed by atoms with Crippen LogP contribution < -0.4 is 4.74 Å². The first-order valence-electron chi connectivity index (χ1n) is 6.13. The van der Waals surface area contributed by atoms with Crippen molar-refractivity contribution in [3.63, 3.8) is 0 Å². The highest BCUT2D eigenvalue weighted by molar-refractivity contribution is 5.74. The molecule has 0 bridgehead atoms. The summed E-state index contributed by atoms with van der Waals surface area (Å²) in [5.41, 5.74) is 1.03. The Morgan fingerprint density at radius 1 is 1.28 bits per heavy atom. The molecule has 2 unspecified atom stereocenters. The summed E-state index contributed by atoms with van der Waals surface area (Å²) < 4.78 is 10.3. The van der Waals surface area contributed by atoms with Crippen LogP contribution in [0.15, 0.2) is 24.3 Å². The van der Waals surface area contributed by atoms with Crippen LogP contribution in [-0.2, 0) is 16.0 Å². The Labute approximate surface area is 108 Å². The van der Waals surface area contributed by atoms with Crippen LogP contribution in [0, 0.1) is 0 Å². The van der Waals surface area contributed by atoms with Crippen LogP contribution in [0.1, 0.15) is 26.3 Å². The standard InChI is InChI=1S/C14H20O4/c1-4-17-14(16)11(3)18-13-7-5-12(6-8-13)9-10(2)15/h5-8,10-11,15H,4,9H2,1-3H3. The van der Waals surface area contributed by atoms with Crippen molar-refractivity contribution in [2.75, 3.05) is 6.61 Å². The van der Waals surface area contributed by atoms with E-state index in [0.717, 1.165) is 5.56 Å². The predicted octanol–water partition coefficient (Wildman–Crippen LogP) is 1.94. The van der Waals surface area contributed by atoms with E-state index in [1.807, 2.05) is 12.1 Å². The van der Waals surface area contributed by atoms with Crippen molar-refractivity contribution in [2.24, 2.45) is 0 Å². The maximum atomic E-state index is 11.4. The van der Waals surface area contributed by atoms with Gasteiger partial charge in [0.2, 0.25) is 0 Å². The van der Waals surface area contributed by atoms with Gasteiger partial charge in [-0.25, -0.2) is 4.79 Å². The molecule has 100 valence electrons. The van der Waals surface area contributed by atoms with Crippen LogP contribution in [0.5, 0.6) is 5.75 Å². The van der Waals surface area contributed by atoms with Crippen LogP contribution in [0.3, 0.4) is 0 Å². The van der Waals surface area contributed by atoms with Gasteiger partial charge in [0.25, 0.3) is 0 Å². The minimum atomic E-state index is -0.618. The zero-order valence-electron chi connectivity index (χ0n) is 11.1. The number of rotatable bonds is 6. The highest BCUT2D eigenvalue weighted by atomic mass is 16.6. The van der Waals surface area contributed by atoms with Crippen molar-refractivity contribution in [2.45, 2.75) is 39.4 Å². The summed E-state index contributed by atoms with van der Waals surface area (Å²) in [5.74, 6) is 0.246. The molecule has 0 saturated carbocycles. The number of hydrogen-bond acceptors (Lipinski definition) is 4. The Bertz CT molecular complexity index is 370. The van der Waals surface area contributed by atoms with Crippen LogP contribution >= 0.6 is 0 Å². The van der Waals surface area contributed by atoms with Crippen molar-refractivity contribution in [1.82, 2.24) is 0 Å². The molecule has 0 aromatic heterocycles. The number of carbonyl (C=O) groups is 1. The third-order valence-electron chi connectivity index (χ3n) is 2.39. The second kappa shape index (κ2) is 7.01. The first kappa shape index (κ1) is 14.5. The largest absolute Gasteiger partial charge is 0.479 e. The molecule has 4 nitrogen and oxygen atoms in total. The van der Waals surface area contributed by atoms with Crippen LogP contribution in [0.25, 0.3) is 0 Å². The fourth-order valence-corrected chi connectivity index (χ4v) is 1.56. The minimum Gasteiger partial charge on any atom is -0.479 e. The molecule has 0 aliphatic carbocycles. The molecule has 4 heteroatoms. The van der Waals surface area contributed by atoms with Gasteiger partial charge in [0.1, 0.15) is 5.75 Å². The summed E-state index contributed by atoms with van der Waals surface area (Å²) in [6.45, 7) is 5.50. The molecule has 0 radical (unpaired) electrons. The number of hydrogen-bond donors (Lipinski definition) is 1. The van der Waals surface area contributed by atoms with Gasteiger partial charge in [-0.2, -0.15) is 0 Å². The van der Waals surface area contributed by atoms with Gasteiger partial charge in [-0.05, 0) is 44.9 Å². The molecule has 18 heavy (non-hydrogen) atoms. The van der Waals surface area contributed by atoms with Gasteiger partial charge in [-0.3, -0.25) is 0 Å². The summed E-state index contributed by atoms with van der Waals surface area (Å²) in [4.78, 5) is 11.4. The topological polar surface area (TPSA) is 55.8 Å². The monoisotopic (exact) mass is 252 g/mol. The van der Waals surface area contributed by atoms with Crippen LogP contribution in [0.2, 0.25) is 0 Å².